The van der Waals surface area contributed by atoms with Gasteiger partial charge in [-0.2, -0.15) is 0 Å². The number of aryl methyl sites for hydroxylation is 1. The molecule has 0 fully saturated rings. The molecule has 0 aliphatic heterocycles. The van der Waals surface area contributed by atoms with Crippen molar-refractivity contribution >= 4 is 8.80 Å². The van der Waals surface area contributed by atoms with Gasteiger partial charge in [0.05, 0.1) is 7.05 Å². The summed E-state index contributed by atoms with van der Waals surface area (Å²) in [5.41, 5.74) is 0. The van der Waals surface area contributed by atoms with E-state index in [9.17, 15) is 0 Å². The fourth-order valence-corrected chi connectivity index (χ4v) is 2.78. The molecular weight excluding hydrogens is 200 g/mol. The number of hydrogen-bond acceptors (Lipinski definition) is 3. The van der Waals surface area contributed by atoms with Gasteiger partial charge in [-0.25, -0.2) is 9.13 Å². The van der Waals surface area contributed by atoms with Crippen LogP contribution in [0.4, 0.5) is 0 Å². The van der Waals surface area contributed by atoms with Gasteiger partial charge in [0.2, 0.25) is 6.33 Å². The quantitative estimate of drug-likeness (QED) is 0.503. The summed E-state index contributed by atoms with van der Waals surface area (Å²) in [6.07, 6.45) is 6.50. The second kappa shape index (κ2) is 4.69. The Morgan fingerprint density at radius 2 is 1.79 bits per heavy atom. The van der Waals surface area contributed by atoms with Crippen LogP contribution in [0.2, 0.25) is 0 Å². The molecule has 0 bridgehead atoms. The fraction of sp³-hybridized carbons (Fsp3) is 0.625. The molecule has 0 aromatic carbocycles. The van der Waals surface area contributed by atoms with Gasteiger partial charge in [0.1, 0.15) is 12.4 Å². The number of hydrogen-bond donors (Lipinski definition) is 0. The van der Waals surface area contributed by atoms with Gasteiger partial charge in [-0.05, 0) is 0 Å². The van der Waals surface area contributed by atoms with Crippen LogP contribution < -0.4 is 4.57 Å². The molecule has 1 rings (SSSR count). The highest BCUT2D eigenvalue weighted by atomic mass is 28.4. The zero-order chi connectivity index (χ0) is 10.6. The largest absolute Gasteiger partial charge is 0.544 e. The molecule has 0 spiro atoms. The van der Waals surface area contributed by atoms with Crippen LogP contribution in [0.25, 0.3) is 0 Å². The number of nitrogens with zero attached hydrogens (tertiary/aromatic N) is 2. The molecule has 0 saturated heterocycles. The highest BCUT2D eigenvalue weighted by Crippen LogP contribution is 2.08. The van der Waals surface area contributed by atoms with Crippen LogP contribution in [0.5, 0.6) is 0 Å². The summed E-state index contributed by atoms with van der Waals surface area (Å²) in [6, 6.07) is 0. The van der Waals surface area contributed by atoms with E-state index in [1.807, 2.05) is 34.9 Å². The topological polar surface area (TPSA) is 36.5 Å². The smallest absolute Gasteiger partial charge is 0.375 e. The third-order valence-corrected chi connectivity index (χ3v) is 4.75. The van der Waals surface area contributed by atoms with Crippen LogP contribution in [0, 0.1) is 0 Å². The summed E-state index contributed by atoms with van der Waals surface area (Å²) in [5, 5.41) is 0. The van der Waals surface area contributed by atoms with E-state index in [0.29, 0.717) is 6.17 Å². The molecule has 0 saturated carbocycles. The molecular formula is C8H17N2O3Si+. The van der Waals surface area contributed by atoms with Crippen molar-refractivity contribution in [3.8, 4) is 0 Å². The lowest BCUT2D eigenvalue weighted by atomic mass is 10.9. The Bertz CT molecular complexity index is 278. The first-order valence-electron chi connectivity index (χ1n) is 4.32. The van der Waals surface area contributed by atoms with Crippen LogP contribution in [-0.2, 0) is 26.5 Å². The molecule has 0 radical (unpaired) electrons. The van der Waals surface area contributed by atoms with Crippen molar-refractivity contribution in [2.45, 2.75) is 6.17 Å². The molecule has 1 aromatic heterocycles. The Morgan fingerprint density at radius 3 is 2.14 bits per heavy atom. The minimum absolute atomic E-state index is 0.622. The van der Waals surface area contributed by atoms with Crippen molar-refractivity contribution in [1.82, 2.24) is 4.57 Å². The van der Waals surface area contributed by atoms with Gasteiger partial charge < -0.3 is 13.3 Å². The van der Waals surface area contributed by atoms with E-state index in [1.165, 1.54) is 0 Å². The summed E-state index contributed by atoms with van der Waals surface area (Å²) in [6.45, 7) is 0. The van der Waals surface area contributed by atoms with Crippen molar-refractivity contribution in [2.24, 2.45) is 7.05 Å². The average molecular weight is 217 g/mol. The molecule has 0 N–H and O–H groups in total. The van der Waals surface area contributed by atoms with Gasteiger partial charge in [-0.1, -0.05) is 0 Å². The van der Waals surface area contributed by atoms with E-state index in [4.69, 9.17) is 13.3 Å². The molecule has 6 heteroatoms. The molecule has 0 atom stereocenters. The maximum Gasteiger partial charge on any atom is 0.544 e. The molecule has 0 aliphatic rings. The number of imidazole rings is 1. The van der Waals surface area contributed by atoms with E-state index in [1.54, 1.807) is 21.3 Å². The number of aromatic nitrogens is 2. The van der Waals surface area contributed by atoms with Gasteiger partial charge in [0, 0.05) is 21.3 Å². The molecule has 14 heavy (non-hydrogen) atoms. The fourth-order valence-electron chi connectivity index (χ4n) is 1.26. The zero-order valence-electron chi connectivity index (χ0n) is 9.06. The second-order valence-corrected chi connectivity index (χ2v) is 5.95. The molecule has 5 nitrogen and oxygen atoms in total. The van der Waals surface area contributed by atoms with Crippen molar-refractivity contribution in [3.63, 3.8) is 0 Å². The van der Waals surface area contributed by atoms with Crippen LogP contribution in [0.15, 0.2) is 18.7 Å². The van der Waals surface area contributed by atoms with Gasteiger partial charge in [0.15, 0.2) is 6.17 Å². The Balaban J connectivity index is 2.73. The lowest BCUT2D eigenvalue weighted by Gasteiger charge is -2.21. The van der Waals surface area contributed by atoms with Crippen LogP contribution in [-0.4, -0.2) is 34.7 Å². The van der Waals surface area contributed by atoms with E-state index < -0.39 is 8.80 Å². The molecule has 0 aliphatic carbocycles. The normalized spacial score (nSPS) is 12.0. The maximum absolute atomic E-state index is 5.31. The Kier molecular flexibility index (Phi) is 3.82. The van der Waals surface area contributed by atoms with E-state index >= 15 is 0 Å². The highest BCUT2D eigenvalue weighted by molar-refractivity contribution is 6.59. The lowest BCUT2D eigenvalue weighted by molar-refractivity contribution is -0.671. The Hall–Kier alpha value is -0.693. The molecule has 1 aromatic rings. The standard InChI is InChI=1S/C8H17N2O3Si/c1-9-5-6-10(7-9)8-14(11-2,12-3)13-4/h5-7H,8H2,1-4H3/q+1. The van der Waals surface area contributed by atoms with Crippen molar-refractivity contribution in [1.29, 1.82) is 0 Å². The van der Waals surface area contributed by atoms with Crippen molar-refractivity contribution in [3.05, 3.63) is 18.7 Å². The SMILES string of the molecule is CO[Si](Cn1cc[n+](C)c1)(OC)OC. The third kappa shape index (κ3) is 2.41. The van der Waals surface area contributed by atoms with Crippen LogP contribution >= 0.6 is 0 Å². The summed E-state index contributed by atoms with van der Waals surface area (Å²) in [5.74, 6) is 0. The molecule has 0 unspecified atom stereocenters. The molecule has 0 amide bonds. The first-order valence-corrected chi connectivity index (χ1v) is 6.25. The van der Waals surface area contributed by atoms with Gasteiger partial charge in [-0.3, -0.25) is 0 Å². The van der Waals surface area contributed by atoms with E-state index in [2.05, 4.69) is 0 Å². The minimum Gasteiger partial charge on any atom is -0.375 e. The second-order valence-electron chi connectivity index (χ2n) is 3.05. The van der Waals surface area contributed by atoms with E-state index in [0.717, 1.165) is 0 Å². The van der Waals surface area contributed by atoms with Gasteiger partial charge in [0.25, 0.3) is 0 Å². The van der Waals surface area contributed by atoms with Gasteiger partial charge in [-0.15, -0.1) is 0 Å². The summed E-state index contributed by atoms with van der Waals surface area (Å²) < 4.78 is 19.9. The van der Waals surface area contributed by atoms with Crippen LogP contribution in [0.1, 0.15) is 0 Å². The monoisotopic (exact) mass is 217 g/mol. The predicted octanol–water partition coefficient (Wildman–Crippen LogP) is -0.270. The summed E-state index contributed by atoms with van der Waals surface area (Å²) in [4.78, 5) is 0. The predicted molar refractivity (Wildman–Crippen MR) is 52.4 cm³/mol. The maximum atomic E-state index is 5.31. The first kappa shape index (κ1) is 11.4. The van der Waals surface area contributed by atoms with Crippen molar-refractivity contribution in [2.75, 3.05) is 21.3 Å². The highest BCUT2D eigenvalue weighted by Gasteiger charge is 2.41. The average Bonchev–Trinajstić information content (AvgIpc) is 2.61. The molecule has 80 valence electrons. The van der Waals surface area contributed by atoms with Crippen molar-refractivity contribution < 1.29 is 17.8 Å². The lowest BCUT2D eigenvalue weighted by Crippen LogP contribution is -2.47. The van der Waals surface area contributed by atoms with E-state index in [-0.39, 0.29) is 0 Å². The Morgan fingerprint density at radius 1 is 1.21 bits per heavy atom. The third-order valence-electron chi connectivity index (χ3n) is 2.13. The number of rotatable bonds is 5. The molecule has 1 heterocycles. The van der Waals surface area contributed by atoms with Crippen LogP contribution in [0.3, 0.4) is 0 Å². The Labute approximate surface area is 85.2 Å². The summed E-state index contributed by atoms with van der Waals surface area (Å²) >= 11 is 0. The zero-order valence-corrected chi connectivity index (χ0v) is 10.1. The minimum atomic E-state index is -2.50. The first-order chi connectivity index (χ1) is 6.65. The summed E-state index contributed by atoms with van der Waals surface area (Å²) in [7, 11) is 4.31. The van der Waals surface area contributed by atoms with Gasteiger partial charge >= 0.3 is 8.80 Å².